The van der Waals surface area contributed by atoms with Gasteiger partial charge < -0.3 is 31.6 Å². The molecule has 6 nitrogen and oxygen atoms in total. The molecule has 95 valence electrons. The zero-order valence-corrected chi connectivity index (χ0v) is 13.0. The molecule has 0 atom stereocenters. The van der Waals surface area contributed by atoms with Gasteiger partial charge in [-0.3, -0.25) is 0 Å². The third-order valence-corrected chi connectivity index (χ3v) is 0.963. The van der Waals surface area contributed by atoms with Crippen LogP contribution in [0.4, 0.5) is 0 Å². The van der Waals surface area contributed by atoms with Crippen molar-refractivity contribution in [3.63, 3.8) is 0 Å². The van der Waals surface area contributed by atoms with Gasteiger partial charge in [0, 0.05) is 40.1 Å². The normalized spacial score (nSPS) is 6.94. The first-order valence-electron chi connectivity index (χ1n) is 4.54. The van der Waals surface area contributed by atoms with Crippen molar-refractivity contribution in [1.82, 2.24) is 0 Å². The van der Waals surface area contributed by atoms with Gasteiger partial charge >= 0.3 is 0 Å². The molecule has 0 spiro atoms. The van der Waals surface area contributed by atoms with Crippen LogP contribution >= 0.6 is 0 Å². The van der Waals surface area contributed by atoms with E-state index < -0.39 is 17.7 Å². The first kappa shape index (κ1) is 24.4. The van der Waals surface area contributed by atoms with Crippen molar-refractivity contribution in [2.45, 2.75) is 40.0 Å². The number of nitrogens with one attached hydrogen (secondary N) is 3. The van der Waals surface area contributed by atoms with Crippen molar-refractivity contribution >= 4 is 17.7 Å². The Morgan fingerprint density at radius 3 is 0.750 bits per heavy atom. The Labute approximate surface area is 112 Å². The molecular weight excluding hydrogens is 379 g/mol. The van der Waals surface area contributed by atoms with Crippen molar-refractivity contribution in [2.75, 3.05) is 0 Å². The molecule has 0 unspecified atom stereocenters. The van der Waals surface area contributed by atoms with E-state index in [9.17, 15) is 14.4 Å². The molecule has 0 saturated heterocycles. The van der Waals surface area contributed by atoms with Gasteiger partial charge in [-0.15, -0.1) is 0 Å². The van der Waals surface area contributed by atoms with Crippen LogP contribution in [-0.2, 0) is 36.8 Å². The van der Waals surface area contributed by atoms with E-state index in [4.69, 9.17) is 17.2 Å². The molecule has 0 bridgehead atoms. The largest absolute Gasteiger partial charge is 0.668 e. The van der Waals surface area contributed by atoms with Gasteiger partial charge in [-0.05, 0) is 19.3 Å². The summed E-state index contributed by atoms with van der Waals surface area (Å²) in [6, 6.07) is 0. The molecule has 1 radical (unpaired) electrons. The van der Waals surface area contributed by atoms with Crippen LogP contribution in [0, 0.1) is 0 Å². The van der Waals surface area contributed by atoms with Gasteiger partial charge in [-0.1, -0.05) is 20.8 Å². The molecule has 0 aromatic carbocycles. The summed E-state index contributed by atoms with van der Waals surface area (Å²) in [5, 5.41) is 0. The van der Waals surface area contributed by atoms with Crippen LogP contribution in [0.2, 0.25) is 0 Å². The van der Waals surface area contributed by atoms with Gasteiger partial charge in [0.1, 0.15) is 0 Å². The maximum absolute atomic E-state index is 9.48. The Hall–Kier alpha value is -0.850. The van der Waals surface area contributed by atoms with Crippen LogP contribution in [0.5, 0.6) is 0 Å². The zero-order valence-electron chi connectivity index (χ0n) is 9.79. The Morgan fingerprint density at radius 2 is 0.750 bits per heavy atom. The standard InChI is InChI=1S/3C3H7NO.Ta/c3*1-2-3(4)5;/h3*2H2,1H3,(H2,4,5);/p-3. The summed E-state index contributed by atoms with van der Waals surface area (Å²) in [6.07, 6.45) is 1.000. The Balaban J connectivity index is -0.0000000655. The SMILES string of the molecule is CCC([NH-])=O.CCC([NH-])=O.CCC([NH-])=O.[Ta]. The van der Waals surface area contributed by atoms with E-state index in [1.165, 1.54) is 0 Å². The van der Waals surface area contributed by atoms with Crippen LogP contribution in [0.15, 0.2) is 0 Å². The third kappa shape index (κ3) is 73.2. The van der Waals surface area contributed by atoms with Crippen LogP contribution in [0.25, 0.3) is 17.2 Å². The predicted molar refractivity (Wildman–Crippen MR) is 58.9 cm³/mol. The molecule has 0 aliphatic rings. The summed E-state index contributed by atoms with van der Waals surface area (Å²) in [4.78, 5) is 28.4. The maximum Gasteiger partial charge on any atom is 0.0484 e. The quantitative estimate of drug-likeness (QED) is 0.727. The minimum atomic E-state index is -0.495. The fourth-order valence-corrected chi connectivity index (χ4v) is 0. The van der Waals surface area contributed by atoms with E-state index >= 15 is 0 Å². The van der Waals surface area contributed by atoms with Crippen molar-refractivity contribution < 1.29 is 36.8 Å². The number of carbonyl (C=O) groups excluding carboxylic acids is 3. The minimum absolute atomic E-state index is 0. The molecule has 0 fully saturated rings. The molecule has 7 heteroatoms. The molecule has 0 aliphatic carbocycles. The van der Waals surface area contributed by atoms with E-state index in [-0.39, 0.29) is 22.4 Å². The van der Waals surface area contributed by atoms with E-state index in [1.807, 2.05) is 0 Å². The summed E-state index contributed by atoms with van der Waals surface area (Å²) in [5.74, 6) is -1.49. The second-order valence-corrected chi connectivity index (χ2v) is 2.33. The van der Waals surface area contributed by atoms with Gasteiger partial charge in [-0.2, -0.15) is 0 Å². The van der Waals surface area contributed by atoms with E-state index in [2.05, 4.69) is 0 Å². The fourth-order valence-electron chi connectivity index (χ4n) is 0. The van der Waals surface area contributed by atoms with Crippen LogP contribution in [0.1, 0.15) is 40.0 Å². The number of hydrogen-bond donors (Lipinski definition) is 0. The minimum Gasteiger partial charge on any atom is -0.668 e. The first-order valence-corrected chi connectivity index (χ1v) is 4.54. The molecule has 0 aliphatic heterocycles. The molecule has 0 aromatic heterocycles. The smallest absolute Gasteiger partial charge is 0.0484 e. The van der Waals surface area contributed by atoms with Gasteiger partial charge in [0.15, 0.2) is 0 Å². The maximum atomic E-state index is 9.48. The van der Waals surface area contributed by atoms with Gasteiger partial charge in [0.25, 0.3) is 0 Å². The van der Waals surface area contributed by atoms with E-state index in [0.29, 0.717) is 19.3 Å². The summed E-state index contributed by atoms with van der Waals surface area (Å²) >= 11 is 0. The fraction of sp³-hybridized carbons (Fsp3) is 0.667. The average Bonchev–Trinajstić information content (AvgIpc) is 2.19. The van der Waals surface area contributed by atoms with Crippen molar-refractivity contribution in [2.24, 2.45) is 0 Å². The van der Waals surface area contributed by atoms with Crippen molar-refractivity contribution in [3.8, 4) is 0 Å². The van der Waals surface area contributed by atoms with Crippen LogP contribution < -0.4 is 0 Å². The average molecular weight is 397 g/mol. The molecule has 0 rings (SSSR count). The van der Waals surface area contributed by atoms with Crippen LogP contribution in [-0.4, -0.2) is 17.7 Å². The summed E-state index contributed by atoms with van der Waals surface area (Å²) in [7, 11) is 0. The van der Waals surface area contributed by atoms with E-state index in [0.717, 1.165) is 0 Å². The second kappa shape index (κ2) is 19.7. The second-order valence-electron chi connectivity index (χ2n) is 2.33. The molecule has 0 saturated carbocycles. The molecule has 0 heterocycles. The number of amides is 3. The van der Waals surface area contributed by atoms with Gasteiger partial charge in [0.2, 0.25) is 0 Å². The number of hydrogen-bond acceptors (Lipinski definition) is 3. The summed E-state index contributed by atoms with van der Waals surface area (Å²) < 4.78 is 0. The Bertz CT molecular complexity index is 165. The van der Waals surface area contributed by atoms with Gasteiger partial charge in [-0.25, -0.2) is 0 Å². The van der Waals surface area contributed by atoms with Crippen molar-refractivity contribution in [1.29, 1.82) is 0 Å². The predicted octanol–water partition coefficient (Wildman–Crippen LogP) is 2.92. The molecular formula is C9H18N3O3Ta-3. The van der Waals surface area contributed by atoms with E-state index in [1.54, 1.807) is 20.8 Å². The molecule has 16 heavy (non-hydrogen) atoms. The Morgan fingerprint density at radius 1 is 0.688 bits per heavy atom. The topological polar surface area (TPSA) is 123 Å². The number of carbonyl (C=O) groups is 3. The third-order valence-electron chi connectivity index (χ3n) is 0.963. The molecule has 3 N–H and O–H groups in total. The summed E-state index contributed by atoms with van der Waals surface area (Å²) in [6.45, 7) is 4.99. The monoisotopic (exact) mass is 397 g/mol. The van der Waals surface area contributed by atoms with Crippen molar-refractivity contribution in [3.05, 3.63) is 17.2 Å². The van der Waals surface area contributed by atoms with Gasteiger partial charge in [0.05, 0.1) is 0 Å². The number of rotatable bonds is 3. The summed E-state index contributed by atoms with van der Waals surface area (Å²) in [5.41, 5.74) is 18.6. The molecule has 3 amide bonds. The Kier molecular flexibility index (Phi) is 30.0. The first-order chi connectivity index (χ1) is 6.81. The zero-order chi connectivity index (χ0) is 12.9. The molecule has 0 aromatic rings. The van der Waals surface area contributed by atoms with Crippen LogP contribution in [0.3, 0.4) is 0 Å².